The van der Waals surface area contributed by atoms with Gasteiger partial charge in [-0.1, -0.05) is 78.9 Å². The van der Waals surface area contributed by atoms with E-state index in [1.807, 2.05) is 97.2 Å². The zero-order valence-electron chi connectivity index (χ0n) is 19.6. The van der Waals surface area contributed by atoms with Crippen molar-refractivity contribution in [2.75, 3.05) is 27.2 Å². The number of rotatable bonds is 10. The van der Waals surface area contributed by atoms with Gasteiger partial charge in [0.05, 0.1) is 32.1 Å². The molecule has 1 heterocycles. The summed E-state index contributed by atoms with van der Waals surface area (Å²) >= 11 is 1.58. The quantitative estimate of drug-likeness (QED) is 0.249. The van der Waals surface area contributed by atoms with Gasteiger partial charge in [-0.15, -0.1) is 11.3 Å². The highest BCUT2D eigenvalue weighted by molar-refractivity contribution is 7.11. The standard InChI is InChI=1S/C28H31N2O2S.BrH/c1-30(2,19-12-20-32-25-17-10-5-11-18-25)22-26-21-29-27(33-26)28(31,23-13-6-3-7-14-23)24-15-8-4-9-16-24;/h3-11,13-18,21,31H,12,19-20,22H2,1-2H3;1H/q+1;/p-1. The zero-order valence-corrected chi connectivity index (χ0v) is 22.0. The van der Waals surface area contributed by atoms with Crippen LogP contribution in [0.15, 0.2) is 97.2 Å². The fourth-order valence-electron chi connectivity index (χ4n) is 4.02. The topological polar surface area (TPSA) is 42.4 Å². The van der Waals surface area contributed by atoms with Gasteiger partial charge in [-0.3, -0.25) is 0 Å². The first-order valence-electron chi connectivity index (χ1n) is 11.3. The van der Waals surface area contributed by atoms with Gasteiger partial charge in [0.25, 0.3) is 0 Å². The minimum atomic E-state index is -1.27. The molecule has 34 heavy (non-hydrogen) atoms. The van der Waals surface area contributed by atoms with Crippen LogP contribution in [0.5, 0.6) is 5.75 Å². The highest BCUT2D eigenvalue weighted by Gasteiger charge is 2.37. The van der Waals surface area contributed by atoms with Crippen LogP contribution in [0.1, 0.15) is 27.4 Å². The summed E-state index contributed by atoms with van der Waals surface area (Å²) in [6.07, 6.45) is 2.88. The Bertz CT molecular complexity index is 1100. The molecule has 0 aliphatic carbocycles. The second kappa shape index (κ2) is 11.8. The van der Waals surface area contributed by atoms with Gasteiger partial charge in [0.15, 0.2) is 5.60 Å². The molecule has 0 spiro atoms. The monoisotopic (exact) mass is 538 g/mol. The first kappa shape index (κ1) is 26.1. The van der Waals surface area contributed by atoms with E-state index in [9.17, 15) is 5.11 Å². The lowest BCUT2D eigenvalue weighted by Crippen LogP contribution is -3.00. The van der Waals surface area contributed by atoms with Gasteiger partial charge in [0.1, 0.15) is 17.3 Å². The smallest absolute Gasteiger partial charge is 0.166 e. The van der Waals surface area contributed by atoms with Crippen LogP contribution < -0.4 is 21.7 Å². The average molecular weight is 540 g/mol. The van der Waals surface area contributed by atoms with E-state index >= 15 is 0 Å². The number of ether oxygens (including phenoxy) is 1. The molecule has 178 valence electrons. The van der Waals surface area contributed by atoms with Crippen molar-refractivity contribution in [3.63, 3.8) is 0 Å². The molecule has 0 radical (unpaired) electrons. The van der Waals surface area contributed by atoms with Gasteiger partial charge >= 0.3 is 0 Å². The number of hydrogen-bond donors (Lipinski definition) is 1. The van der Waals surface area contributed by atoms with Crippen molar-refractivity contribution in [1.82, 2.24) is 4.98 Å². The SMILES string of the molecule is C[N+](C)(CCCOc1ccccc1)Cc1cnc(C(O)(c2ccccc2)c2ccccc2)s1.[Br-]. The number of para-hydroxylation sites is 1. The molecule has 0 saturated carbocycles. The molecular formula is C28H31BrN2O2S. The van der Waals surface area contributed by atoms with Crippen LogP contribution in [-0.2, 0) is 12.1 Å². The van der Waals surface area contributed by atoms with Crippen molar-refractivity contribution >= 4 is 11.3 Å². The predicted octanol–water partition coefficient (Wildman–Crippen LogP) is 2.48. The molecular weight excluding hydrogens is 508 g/mol. The maximum atomic E-state index is 11.9. The van der Waals surface area contributed by atoms with Crippen molar-refractivity contribution in [3.05, 3.63) is 118 Å². The molecule has 0 unspecified atom stereocenters. The Balaban J connectivity index is 0.00000324. The second-order valence-corrected chi connectivity index (χ2v) is 10.0. The molecule has 0 aliphatic rings. The van der Waals surface area contributed by atoms with E-state index in [-0.39, 0.29) is 17.0 Å². The summed E-state index contributed by atoms with van der Waals surface area (Å²) in [5, 5.41) is 12.6. The summed E-state index contributed by atoms with van der Waals surface area (Å²) in [6, 6.07) is 29.5. The van der Waals surface area contributed by atoms with Crippen LogP contribution in [0.25, 0.3) is 0 Å². The van der Waals surface area contributed by atoms with Crippen LogP contribution in [0.3, 0.4) is 0 Å². The number of thiazole rings is 1. The van der Waals surface area contributed by atoms with E-state index < -0.39 is 5.60 Å². The number of benzene rings is 3. The molecule has 4 nitrogen and oxygen atoms in total. The summed E-state index contributed by atoms with van der Waals surface area (Å²) in [6.45, 7) is 2.53. The highest BCUT2D eigenvalue weighted by Crippen LogP contribution is 2.38. The van der Waals surface area contributed by atoms with Crippen LogP contribution in [0.2, 0.25) is 0 Å². The summed E-state index contributed by atoms with van der Waals surface area (Å²) < 4.78 is 6.67. The summed E-state index contributed by atoms with van der Waals surface area (Å²) in [7, 11) is 4.45. The van der Waals surface area contributed by atoms with Crippen LogP contribution in [0.4, 0.5) is 0 Å². The van der Waals surface area contributed by atoms with E-state index in [1.165, 1.54) is 0 Å². The Morgan fingerprint density at radius 3 is 1.94 bits per heavy atom. The van der Waals surface area contributed by atoms with Crippen LogP contribution in [0, 0.1) is 0 Å². The van der Waals surface area contributed by atoms with Crippen molar-refractivity contribution in [2.24, 2.45) is 0 Å². The van der Waals surface area contributed by atoms with Gasteiger partial charge in [-0.25, -0.2) is 4.98 Å². The molecule has 3 aromatic carbocycles. The third-order valence-electron chi connectivity index (χ3n) is 5.75. The number of quaternary nitrogens is 1. The maximum Gasteiger partial charge on any atom is 0.166 e. The summed E-state index contributed by atoms with van der Waals surface area (Å²) in [5.41, 5.74) is 0.374. The van der Waals surface area contributed by atoms with E-state index in [0.717, 1.165) is 45.7 Å². The Hall–Kier alpha value is -2.51. The molecule has 4 aromatic rings. The van der Waals surface area contributed by atoms with Crippen molar-refractivity contribution in [2.45, 2.75) is 18.6 Å². The molecule has 0 atom stereocenters. The minimum absolute atomic E-state index is 0. The Morgan fingerprint density at radius 2 is 1.38 bits per heavy atom. The Kier molecular flexibility index (Phi) is 9.03. The van der Waals surface area contributed by atoms with Gasteiger partial charge in [-0.05, 0) is 23.3 Å². The molecule has 0 aliphatic heterocycles. The molecule has 0 fully saturated rings. The molecule has 0 bridgehead atoms. The number of nitrogens with zero attached hydrogens (tertiary/aromatic N) is 2. The summed E-state index contributed by atoms with van der Waals surface area (Å²) in [5.74, 6) is 0.913. The Morgan fingerprint density at radius 1 is 0.853 bits per heavy atom. The van der Waals surface area contributed by atoms with Crippen molar-refractivity contribution in [1.29, 1.82) is 0 Å². The van der Waals surface area contributed by atoms with E-state index in [0.29, 0.717) is 11.6 Å². The third kappa shape index (κ3) is 6.33. The largest absolute Gasteiger partial charge is 1.00 e. The molecule has 1 N–H and O–H groups in total. The van der Waals surface area contributed by atoms with Gasteiger partial charge in [-0.2, -0.15) is 0 Å². The van der Waals surface area contributed by atoms with Gasteiger partial charge < -0.3 is 31.3 Å². The molecule has 4 rings (SSSR count). The van der Waals surface area contributed by atoms with E-state index in [4.69, 9.17) is 9.72 Å². The Labute approximate surface area is 216 Å². The van der Waals surface area contributed by atoms with Crippen LogP contribution in [-0.4, -0.2) is 41.8 Å². The lowest BCUT2D eigenvalue weighted by molar-refractivity contribution is -0.903. The molecule has 0 saturated heterocycles. The minimum Gasteiger partial charge on any atom is -1.00 e. The molecule has 0 amide bonds. The van der Waals surface area contributed by atoms with Crippen molar-refractivity contribution < 1.29 is 31.3 Å². The fourth-order valence-corrected chi connectivity index (χ4v) is 5.28. The lowest BCUT2D eigenvalue weighted by atomic mass is 9.87. The normalized spacial score (nSPS) is 11.6. The van der Waals surface area contributed by atoms with Gasteiger partial charge in [0, 0.05) is 12.6 Å². The van der Waals surface area contributed by atoms with Gasteiger partial charge in [0.2, 0.25) is 0 Å². The molecule has 1 aromatic heterocycles. The first-order chi connectivity index (χ1) is 16.0. The number of halogens is 1. The lowest BCUT2D eigenvalue weighted by Gasteiger charge is -2.29. The highest BCUT2D eigenvalue weighted by atomic mass is 79.9. The number of aromatic nitrogens is 1. The average Bonchev–Trinajstić information content (AvgIpc) is 3.31. The fraction of sp³-hybridized carbons (Fsp3) is 0.250. The zero-order chi connectivity index (χ0) is 23.2. The van der Waals surface area contributed by atoms with Crippen LogP contribution >= 0.6 is 11.3 Å². The first-order valence-corrected chi connectivity index (χ1v) is 12.1. The third-order valence-corrected chi connectivity index (χ3v) is 6.84. The van der Waals surface area contributed by atoms with E-state index in [1.54, 1.807) is 11.3 Å². The summed E-state index contributed by atoms with van der Waals surface area (Å²) in [4.78, 5) is 5.85. The number of aliphatic hydroxyl groups is 1. The van der Waals surface area contributed by atoms with E-state index in [2.05, 4.69) is 14.1 Å². The predicted molar refractivity (Wildman–Crippen MR) is 134 cm³/mol. The number of hydrogen-bond acceptors (Lipinski definition) is 4. The molecule has 6 heteroatoms. The second-order valence-electron chi connectivity index (χ2n) is 8.91. The maximum absolute atomic E-state index is 11.9. The van der Waals surface area contributed by atoms with Crippen molar-refractivity contribution in [3.8, 4) is 5.75 Å².